The van der Waals surface area contributed by atoms with Crippen LogP contribution in [0.25, 0.3) is 16.9 Å². The summed E-state index contributed by atoms with van der Waals surface area (Å²) in [6, 6.07) is 8.43. The first kappa shape index (κ1) is 13.7. The maximum atomic E-state index is 6.16. The zero-order valence-corrected chi connectivity index (χ0v) is 13.0. The van der Waals surface area contributed by atoms with Crippen molar-refractivity contribution in [2.75, 3.05) is 5.73 Å². The van der Waals surface area contributed by atoms with Crippen LogP contribution in [0.4, 0.5) is 5.95 Å². The second kappa shape index (κ2) is 4.91. The molecule has 0 saturated carbocycles. The molecular weight excluding hydrogens is 262 g/mol. The Morgan fingerprint density at radius 3 is 2.71 bits per heavy atom. The maximum Gasteiger partial charge on any atom is 0.207 e. The zero-order valence-electron chi connectivity index (χ0n) is 13.0. The van der Waals surface area contributed by atoms with Crippen molar-refractivity contribution in [2.45, 2.75) is 33.1 Å². The van der Waals surface area contributed by atoms with Crippen LogP contribution in [0.5, 0.6) is 0 Å². The van der Waals surface area contributed by atoms with E-state index in [1.165, 1.54) is 5.56 Å². The van der Waals surface area contributed by atoms with E-state index >= 15 is 0 Å². The number of aromatic nitrogens is 4. The molecule has 0 spiro atoms. The molecule has 2 N–H and O–H groups in total. The standard InChI is InChI=1S/C16H21N5/c1-5-13-14-15(20(4)19-13)21(16(17)18-14)12-8-6-7-11(9-12)10(2)3/h6-10H,5H2,1-4H3,(H2,17,18). The lowest BCUT2D eigenvalue weighted by atomic mass is 10.0. The number of imidazole rings is 1. The Balaban J connectivity index is 2.27. The molecule has 0 aliphatic heterocycles. The van der Waals surface area contributed by atoms with E-state index in [0.29, 0.717) is 11.9 Å². The molecule has 21 heavy (non-hydrogen) atoms. The van der Waals surface area contributed by atoms with E-state index < -0.39 is 0 Å². The fourth-order valence-corrected chi connectivity index (χ4v) is 2.71. The summed E-state index contributed by atoms with van der Waals surface area (Å²) < 4.78 is 3.84. The van der Waals surface area contributed by atoms with Crippen molar-refractivity contribution in [1.82, 2.24) is 19.3 Å². The van der Waals surface area contributed by atoms with Crippen LogP contribution in [0.1, 0.15) is 37.9 Å². The number of nitrogen functional groups attached to an aromatic ring is 1. The third kappa shape index (κ3) is 2.09. The van der Waals surface area contributed by atoms with Crippen molar-refractivity contribution in [3.05, 3.63) is 35.5 Å². The highest BCUT2D eigenvalue weighted by Gasteiger charge is 2.18. The predicted molar refractivity (Wildman–Crippen MR) is 85.7 cm³/mol. The molecular formula is C16H21N5. The molecule has 0 unspecified atom stereocenters. The number of nitrogens with two attached hydrogens (primary N) is 1. The molecule has 3 aromatic rings. The highest BCUT2D eigenvalue weighted by molar-refractivity contribution is 5.80. The van der Waals surface area contributed by atoms with Crippen LogP contribution in [-0.2, 0) is 13.5 Å². The highest BCUT2D eigenvalue weighted by atomic mass is 15.3. The van der Waals surface area contributed by atoms with E-state index in [1.807, 2.05) is 16.3 Å². The molecule has 0 bridgehead atoms. The summed E-state index contributed by atoms with van der Waals surface area (Å²) in [6.07, 6.45) is 0.847. The van der Waals surface area contributed by atoms with Gasteiger partial charge in [0.1, 0.15) is 5.52 Å². The van der Waals surface area contributed by atoms with Crippen molar-refractivity contribution in [3.8, 4) is 5.69 Å². The van der Waals surface area contributed by atoms with Gasteiger partial charge >= 0.3 is 0 Å². The van der Waals surface area contributed by atoms with Crippen molar-refractivity contribution >= 4 is 17.1 Å². The Morgan fingerprint density at radius 1 is 1.29 bits per heavy atom. The summed E-state index contributed by atoms with van der Waals surface area (Å²) in [7, 11) is 1.94. The van der Waals surface area contributed by atoms with Crippen LogP contribution in [0.2, 0.25) is 0 Å². The third-order valence-corrected chi connectivity index (χ3v) is 3.86. The van der Waals surface area contributed by atoms with Gasteiger partial charge in [0, 0.05) is 7.05 Å². The lowest BCUT2D eigenvalue weighted by molar-refractivity contribution is 0.751. The predicted octanol–water partition coefficient (Wildman–Crippen LogP) is 3.03. The van der Waals surface area contributed by atoms with Gasteiger partial charge in [-0.25, -0.2) is 9.67 Å². The van der Waals surface area contributed by atoms with Gasteiger partial charge in [0.15, 0.2) is 5.65 Å². The van der Waals surface area contributed by atoms with Gasteiger partial charge < -0.3 is 5.73 Å². The minimum atomic E-state index is 0.475. The minimum Gasteiger partial charge on any atom is -0.369 e. The molecule has 110 valence electrons. The van der Waals surface area contributed by atoms with Gasteiger partial charge in [-0.15, -0.1) is 0 Å². The number of hydrogen-bond acceptors (Lipinski definition) is 3. The summed E-state index contributed by atoms with van der Waals surface area (Å²) in [5.74, 6) is 0.983. The van der Waals surface area contributed by atoms with Crippen LogP contribution in [0.15, 0.2) is 24.3 Å². The Morgan fingerprint density at radius 2 is 2.05 bits per heavy atom. The van der Waals surface area contributed by atoms with Gasteiger partial charge in [-0.3, -0.25) is 4.57 Å². The molecule has 5 nitrogen and oxygen atoms in total. The number of rotatable bonds is 3. The summed E-state index contributed by atoms with van der Waals surface area (Å²) in [5, 5.41) is 4.53. The normalized spacial score (nSPS) is 11.7. The largest absolute Gasteiger partial charge is 0.369 e. The first-order valence-electron chi connectivity index (χ1n) is 7.33. The van der Waals surface area contributed by atoms with E-state index in [9.17, 15) is 0 Å². The number of benzene rings is 1. The molecule has 0 radical (unpaired) electrons. The van der Waals surface area contributed by atoms with Crippen LogP contribution in [0, 0.1) is 0 Å². The second-order valence-electron chi connectivity index (χ2n) is 5.65. The van der Waals surface area contributed by atoms with Crippen LogP contribution in [0.3, 0.4) is 0 Å². The molecule has 0 atom stereocenters. The topological polar surface area (TPSA) is 61.7 Å². The Bertz CT molecular complexity index is 794. The average Bonchev–Trinajstić information content (AvgIpc) is 2.95. The maximum absolute atomic E-state index is 6.16. The number of fused-ring (bicyclic) bond motifs is 1. The van der Waals surface area contributed by atoms with E-state index in [2.05, 4.69) is 55.1 Å². The number of nitrogens with zero attached hydrogens (tertiary/aromatic N) is 4. The van der Waals surface area contributed by atoms with Crippen molar-refractivity contribution in [1.29, 1.82) is 0 Å². The molecule has 1 aromatic carbocycles. The SMILES string of the molecule is CCc1nn(C)c2c1nc(N)n2-c1cccc(C(C)C)c1. The molecule has 0 aliphatic carbocycles. The van der Waals surface area contributed by atoms with E-state index in [0.717, 1.165) is 29.0 Å². The van der Waals surface area contributed by atoms with Gasteiger partial charge in [-0.2, -0.15) is 5.10 Å². The fraction of sp³-hybridized carbons (Fsp3) is 0.375. The number of aryl methyl sites for hydroxylation is 2. The molecule has 0 amide bonds. The first-order chi connectivity index (χ1) is 10.0. The van der Waals surface area contributed by atoms with Gasteiger partial charge in [0.2, 0.25) is 5.95 Å². The van der Waals surface area contributed by atoms with Crippen molar-refractivity contribution in [2.24, 2.45) is 7.05 Å². The van der Waals surface area contributed by atoms with Crippen molar-refractivity contribution in [3.63, 3.8) is 0 Å². The van der Waals surface area contributed by atoms with E-state index in [1.54, 1.807) is 0 Å². The van der Waals surface area contributed by atoms with Crippen LogP contribution >= 0.6 is 0 Å². The smallest absolute Gasteiger partial charge is 0.207 e. The minimum absolute atomic E-state index is 0.475. The second-order valence-corrected chi connectivity index (χ2v) is 5.65. The monoisotopic (exact) mass is 283 g/mol. The zero-order chi connectivity index (χ0) is 15.1. The molecule has 3 rings (SSSR count). The lowest BCUT2D eigenvalue weighted by Crippen LogP contribution is -2.05. The molecule has 2 heterocycles. The van der Waals surface area contributed by atoms with Gasteiger partial charge in [0.25, 0.3) is 0 Å². The van der Waals surface area contributed by atoms with Crippen LogP contribution < -0.4 is 5.73 Å². The van der Waals surface area contributed by atoms with E-state index in [4.69, 9.17) is 5.73 Å². The number of anilines is 1. The Labute approximate surface area is 124 Å². The van der Waals surface area contributed by atoms with Gasteiger partial charge in [0.05, 0.1) is 11.4 Å². The summed E-state index contributed by atoms with van der Waals surface area (Å²) in [4.78, 5) is 4.51. The molecule has 2 aromatic heterocycles. The third-order valence-electron chi connectivity index (χ3n) is 3.86. The van der Waals surface area contributed by atoms with Gasteiger partial charge in [-0.05, 0) is 30.0 Å². The molecule has 0 fully saturated rings. The Hall–Kier alpha value is -2.30. The summed E-state index contributed by atoms with van der Waals surface area (Å²) in [5.41, 5.74) is 11.3. The number of hydrogen-bond donors (Lipinski definition) is 1. The van der Waals surface area contributed by atoms with Crippen LogP contribution in [-0.4, -0.2) is 19.3 Å². The first-order valence-corrected chi connectivity index (χ1v) is 7.33. The molecule has 0 aliphatic rings. The summed E-state index contributed by atoms with van der Waals surface area (Å²) >= 11 is 0. The summed E-state index contributed by atoms with van der Waals surface area (Å²) in [6.45, 7) is 6.45. The van der Waals surface area contributed by atoms with Gasteiger partial charge in [-0.1, -0.05) is 32.9 Å². The molecule has 5 heteroatoms. The van der Waals surface area contributed by atoms with E-state index in [-0.39, 0.29) is 0 Å². The lowest BCUT2D eigenvalue weighted by Gasteiger charge is -2.11. The Kier molecular flexibility index (Phi) is 3.20. The fourth-order valence-electron chi connectivity index (χ4n) is 2.71. The average molecular weight is 283 g/mol. The molecule has 0 saturated heterocycles. The highest BCUT2D eigenvalue weighted by Crippen LogP contribution is 2.27. The quantitative estimate of drug-likeness (QED) is 0.803. The van der Waals surface area contributed by atoms with Crippen molar-refractivity contribution < 1.29 is 0 Å².